The summed E-state index contributed by atoms with van der Waals surface area (Å²) in [7, 11) is 0. The molecule has 5 nitrogen and oxygen atoms in total. The van der Waals surface area contributed by atoms with E-state index in [1.807, 2.05) is 6.92 Å². The molecule has 0 aromatic rings. The van der Waals surface area contributed by atoms with Crippen molar-refractivity contribution in [2.24, 2.45) is 5.92 Å². The first-order chi connectivity index (χ1) is 9.50. The Morgan fingerprint density at radius 1 is 1.25 bits per heavy atom. The van der Waals surface area contributed by atoms with Gasteiger partial charge in [0.1, 0.15) is 6.04 Å². The maximum Gasteiger partial charge on any atom is 0.326 e. The summed E-state index contributed by atoms with van der Waals surface area (Å²) in [5, 5.41) is 12.2. The van der Waals surface area contributed by atoms with Gasteiger partial charge in [0.05, 0.1) is 0 Å². The number of likely N-dealkylation sites (tertiary alicyclic amines) is 1. The number of aliphatic carboxylic acids is 1. The van der Waals surface area contributed by atoms with Crippen LogP contribution in [0.3, 0.4) is 0 Å². The lowest BCUT2D eigenvalue weighted by Crippen LogP contribution is -2.60. The van der Waals surface area contributed by atoms with E-state index in [4.69, 9.17) is 0 Å². The van der Waals surface area contributed by atoms with Crippen molar-refractivity contribution in [2.75, 3.05) is 6.54 Å². The summed E-state index contributed by atoms with van der Waals surface area (Å²) < 4.78 is 0. The minimum Gasteiger partial charge on any atom is -0.480 e. The first-order valence-electron chi connectivity index (χ1n) is 7.44. The number of rotatable bonds is 3. The Balaban J connectivity index is 2.14. The minimum absolute atomic E-state index is 0.0868. The number of urea groups is 1. The lowest BCUT2D eigenvalue weighted by molar-refractivity contribution is -0.145. The van der Waals surface area contributed by atoms with Crippen LogP contribution in [0.15, 0.2) is 12.2 Å². The van der Waals surface area contributed by atoms with Crippen molar-refractivity contribution in [1.29, 1.82) is 0 Å². The van der Waals surface area contributed by atoms with Crippen LogP contribution in [0.5, 0.6) is 0 Å². The lowest BCUT2D eigenvalue weighted by atomic mass is 9.76. The molecule has 2 N–H and O–H groups in total. The van der Waals surface area contributed by atoms with E-state index in [0.29, 0.717) is 18.9 Å². The van der Waals surface area contributed by atoms with E-state index in [1.54, 1.807) is 4.90 Å². The maximum atomic E-state index is 12.4. The molecule has 0 aromatic carbocycles. The summed E-state index contributed by atoms with van der Waals surface area (Å²) in [5.74, 6) is -0.422. The normalized spacial score (nSPS) is 29.4. The highest BCUT2D eigenvalue weighted by Crippen LogP contribution is 2.37. The predicted molar refractivity (Wildman–Crippen MR) is 76.5 cm³/mol. The highest BCUT2D eigenvalue weighted by Gasteiger charge is 2.43. The zero-order valence-corrected chi connectivity index (χ0v) is 12.1. The Morgan fingerprint density at radius 2 is 1.95 bits per heavy atom. The molecule has 3 atom stereocenters. The first kappa shape index (κ1) is 14.9. The van der Waals surface area contributed by atoms with Crippen molar-refractivity contribution in [2.45, 2.75) is 57.5 Å². The van der Waals surface area contributed by atoms with Crippen LogP contribution >= 0.6 is 0 Å². The van der Waals surface area contributed by atoms with Gasteiger partial charge in [-0.25, -0.2) is 9.59 Å². The average Bonchev–Trinajstić information content (AvgIpc) is 2.43. The molecular formula is C15H24N2O3. The molecule has 5 heteroatoms. The Morgan fingerprint density at radius 3 is 2.60 bits per heavy atom. The molecule has 0 spiro atoms. The Bertz CT molecular complexity index is 408. The molecule has 2 fully saturated rings. The molecule has 1 saturated heterocycles. The molecule has 20 heavy (non-hydrogen) atoms. The Hall–Kier alpha value is -1.52. The fraction of sp³-hybridized carbons (Fsp3) is 0.733. The molecule has 0 radical (unpaired) electrons. The largest absolute Gasteiger partial charge is 0.480 e. The van der Waals surface area contributed by atoms with Gasteiger partial charge in [-0.1, -0.05) is 25.0 Å². The van der Waals surface area contributed by atoms with E-state index in [2.05, 4.69) is 11.9 Å². The first-order valence-corrected chi connectivity index (χ1v) is 7.44. The molecule has 1 saturated carbocycles. The third kappa shape index (κ3) is 3.14. The van der Waals surface area contributed by atoms with E-state index < -0.39 is 12.0 Å². The number of nitrogens with one attached hydrogen (secondary N) is 1. The molecule has 112 valence electrons. The van der Waals surface area contributed by atoms with E-state index in [-0.39, 0.29) is 12.1 Å². The quantitative estimate of drug-likeness (QED) is 0.780. The van der Waals surface area contributed by atoms with Crippen molar-refractivity contribution in [3.8, 4) is 0 Å². The number of nitrogens with zero attached hydrogens (tertiary/aromatic N) is 1. The van der Waals surface area contributed by atoms with Crippen LogP contribution in [0.1, 0.15) is 45.4 Å². The van der Waals surface area contributed by atoms with Gasteiger partial charge in [-0.15, -0.1) is 0 Å². The Labute approximate surface area is 120 Å². The number of carboxylic acids is 1. The summed E-state index contributed by atoms with van der Waals surface area (Å²) in [6.07, 6.45) is 5.80. The van der Waals surface area contributed by atoms with Gasteiger partial charge in [0.25, 0.3) is 0 Å². The summed E-state index contributed by atoms with van der Waals surface area (Å²) in [6, 6.07) is -0.847. The third-order valence-electron chi connectivity index (χ3n) is 4.43. The van der Waals surface area contributed by atoms with E-state index >= 15 is 0 Å². The second kappa shape index (κ2) is 6.29. The fourth-order valence-corrected chi connectivity index (χ4v) is 3.49. The zero-order chi connectivity index (χ0) is 14.7. The van der Waals surface area contributed by atoms with Crippen LogP contribution in [0.2, 0.25) is 0 Å². The summed E-state index contributed by atoms with van der Waals surface area (Å²) in [6.45, 7) is 6.00. The number of carboxylic acid groups (broad SMARTS) is 1. The van der Waals surface area contributed by atoms with Crippen LogP contribution in [0.4, 0.5) is 4.79 Å². The number of carbonyl (C=O) groups is 2. The molecule has 1 aliphatic heterocycles. The van der Waals surface area contributed by atoms with Gasteiger partial charge in [0.15, 0.2) is 0 Å². The molecule has 2 aliphatic rings. The van der Waals surface area contributed by atoms with E-state index in [0.717, 1.165) is 31.3 Å². The smallest absolute Gasteiger partial charge is 0.326 e. The van der Waals surface area contributed by atoms with Gasteiger partial charge in [-0.2, -0.15) is 0 Å². The summed E-state index contributed by atoms with van der Waals surface area (Å²) in [5.41, 5.74) is 0.863. The van der Waals surface area contributed by atoms with Crippen LogP contribution in [0, 0.1) is 5.92 Å². The van der Waals surface area contributed by atoms with Crippen molar-refractivity contribution >= 4 is 12.0 Å². The van der Waals surface area contributed by atoms with Gasteiger partial charge < -0.3 is 15.3 Å². The van der Waals surface area contributed by atoms with Crippen molar-refractivity contribution in [1.82, 2.24) is 10.2 Å². The van der Waals surface area contributed by atoms with Crippen LogP contribution < -0.4 is 5.32 Å². The Kier molecular flexibility index (Phi) is 4.68. The number of fused-ring (bicyclic) bond motifs is 1. The fourth-order valence-electron chi connectivity index (χ4n) is 3.49. The van der Waals surface area contributed by atoms with Gasteiger partial charge >= 0.3 is 12.0 Å². The lowest BCUT2D eigenvalue weighted by Gasteiger charge is -2.46. The molecule has 3 unspecified atom stereocenters. The number of hydrogen-bond acceptors (Lipinski definition) is 2. The van der Waals surface area contributed by atoms with Crippen molar-refractivity contribution in [3.63, 3.8) is 0 Å². The molecule has 2 amide bonds. The van der Waals surface area contributed by atoms with Crippen LogP contribution in [0.25, 0.3) is 0 Å². The topological polar surface area (TPSA) is 69.6 Å². The molecule has 1 heterocycles. The summed E-state index contributed by atoms with van der Waals surface area (Å²) in [4.78, 5) is 25.4. The SMILES string of the molecule is C=C(C)CNC(=O)N1C(C(=O)O)CCC2CCCCC21. The molecule has 2 rings (SSSR count). The van der Waals surface area contributed by atoms with Crippen LogP contribution in [-0.2, 0) is 4.79 Å². The minimum atomic E-state index is -0.889. The van der Waals surface area contributed by atoms with Gasteiger partial charge in [0, 0.05) is 12.6 Å². The second-order valence-corrected chi connectivity index (χ2v) is 6.07. The van der Waals surface area contributed by atoms with Gasteiger partial charge in [-0.05, 0) is 38.5 Å². The monoisotopic (exact) mass is 280 g/mol. The molecule has 1 aliphatic carbocycles. The third-order valence-corrected chi connectivity index (χ3v) is 4.43. The number of amides is 2. The van der Waals surface area contributed by atoms with Gasteiger partial charge in [0.2, 0.25) is 0 Å². The van der Waals surface area contributed by atoms with E-state index in [9.17, 15) is 14.7 Å². The van der Waals surface area contributed by atoms with Crippen LogP contribution in [-0.4, -0.2) is 40.6 Å². The highest BCUT2D eigenvalue weighted by atomic mass is 16.4. The molecule has 0 bridgehead atoms. The van der Waals surface area contributed by atoms with E-state index in [1.165, 1.54) is 6.42 Å². The number of hydrogen-bond donors (Lipinski definition) is 2. The molecular weight excluding hydrogens is 256 g/mol. The van der Waals surface area contributed by atoms with Gasteiger partial charge in [-0.3, -0.25) is 0 Å². The maximum absolute atomic E-state index is 12.4. The van der Waals surface area contributed by atoms with Crippen molar-refractivity contribution < 1.29 is 14.7 Å². The highest BCUT2D eigenvalue weighted by molar-refractivity contribution is 5.83. The second-order valence-electron chi connectivity index (χ2n) is 6.07. The number of piperidine rings is 1. The average molecular weight is 280 g/mol. The summed E-state index contributed by atoms with van der Waals surface area (Å²) >= 11 is 0. The predicted octanol–water partition coefficient (Wildman–Crippen LogP) is 2.38. The number of carbonyl (C=O) groups excluding carboxylic acids is 1. The zero-order valence-electron chi connectivity index (χ0n) is 12.1. The standard InChI is InChI=1S/C15H24N2O3/c1-10(2)9-16-15(20)17-12-6-4-3-5-11(12)7-8-13(17)14(18)19/h11-13H,1,3-9H2,2H3,(H,16,20)(H,18,19). The molecule has 0 aromatic heterocycles. The van der Waals surface area contributed by atoms with Crippen molar-refractivity contribution in [3.05, 3.63) is 12.2 Å².